The van der Waals surface area contributed by atoms with E-state index in [1.165, 1.54) is 11.0 Å². The number of carbonyl (C=O) groups is 2. The van der Waals surface area contributed by atoms with E-state index in [0.29, 0.717) is 49.0 Å². The van der Waals surface area contributed by atoms with Crippen molar-refractivity contribution < 1.29 is 29.3 Å². The van der Waals surface area contributed by atoms with Gasteiger partial charge in [-0.3, -0.25) is 9.59 Å². The highest BCUT2D eigenvalue weighted by Crippen LogP contribution is 2.42. The molecule has 194 valence electrons. The Balaban J connectivity index is 2.05. The number of carbonyl (C=O) groups excluding carboxylic acids is 2. The molecule has 2 aromatic rings. The van der Waals surface area contributed by atoms with Gasteiger partial charge >= 0.3 is 0 Å². The van der Waals surface area contributed by atoms with E-state index in [1.807, 2.05) is 19.0 Å². The lowest BCUT2D eigenvalue weighted by atomic mass is 9.95. The highest BCUT2D eigenvalue weighted by molar-refractivity contribution is 6.46. The van der Waals surface area contributed by atoms with E-state index in [9.17, 15) is 19.8 Å². The van der Waals surface area contributed by atoms with Gasteiger partial charge in [0.15, 0.2) is 11.5 Å². The van der Waals surface area contributed by atoms with Crippen LogP contribution in [0, 0.1) is 5.92 Å². The molecule has 0 radical (unpaired) electrons. The summed E-state index contributed by atoms with van der Waals surface area (Å²) in [5.41, 5.74) is 0.986. The van der Waals surface area contributed by atoms with Gasteiger partial charge in [0.05, 0.1) is 24.8 Å². The lowest BCUT2D eigenvalue weighted by Crippen LogP contribution is -2.32. The number of aromatic hydroxyl groups is 1. The lowest BCUT2D eigenvalue weighted by molar-refractivity contribution is -0.139. The van der Waals surface area contributed by atoms with Gasteiger partial charge in [-0.2, -0.15) is 0 Å². The molecule has 1 atom stereocenters. The van der Waals surface area contributed by atoms with E-state index in [0.717, 1.165) is 6.54 Å². The van der Waals surface area contributed by atoms with Crippen LogP contribution in [0.3, 0.4) is 0 Å². The Kier molecular flexibility index (Phi) is 8.98. The number of ketones is 1. The highest BCUT2D eigenvalue weighted by Gasteiger charge is 2.46. The Bertz CT molecular complexity index is 1110. The second kappa shape index (κ2) is 11.9. The van der Waals surface area contributed by atoms with Gasteiger partial charge in [0.1, 0.15) is 11.5 Å². The van der Waals surface area contributed by atoms with Gasteiger partial charge in [0, 0.05) is 12.1 Å². The summed E-state index contributed by atoms with van der Waals surface area (Å²) in [5, 5.41) is 21.4. The van der Waals surface area contributed by atoms with Crippen LogP contribution < -0.4 is 9.47 Å². The first kappa shape index (κ1) is 27.1. The van der Waals surface area contributed by atoms with Gasteiger partial charge in [-0.15, -0.1) is 0 Å². The van der Waals surface area contributed by atoms with Crippen LogP contribution in [-0.4, -0.2) is 72.1 Å². The predicted molar refractivity (Wildman–Crippen MR) is 138 cm³/mol. The van der Waals surface area contributed by atoms with Crippen molar-refractivity contribution in [3.63, 3.8) is 0 Å². The summed E-state index contributed by atoms with van der Waals surface area (Å²) >= 11 is 0. The van der Waals surface area contributed by atoms with E-state index < -0.39 is 17.7 Å². The van der Waals surface area contributed by atoms with E-state index in [1.54, 1.807) is 43.3 Å². The van der Waals surface area contributed by atoms with Gasteiger partial charge in [0.25, 0.3) is 11.7 Å². The average Bonchev–Trinajstić information content (AvgIpc) is 3.09. The molecular weight excluding hydrogens is 460 g/mol. The molecule has 1 aliphatic heterocycles. The maximum Gasteiger partial charge on any atom is 0.295 e. The fraction of sp³-hybridized carbons (Fsp3) is 0.429. The standard InChI is InChI=1S/C28H36N2O6/c1-6-35-23-16-20(10-13-22(23)31)25-24(27(33)28(34)30(25)15-7-14-29(4)5)26(32)19-8-11-21(12-9-19)36-17-18(2)3/h8-13,16,18,25,31-32H,6-7,14-15,17H2,1-5H3/t25-/m0/s1. The van der Waals surface area contributed by atoms with E-state index in [-0.39, 0.29) is 22.8 Å². The first-order valence-corrected chi connectivity index (χ1v) is 12.3. The summed E-state index contributed by atoms with van der Waals surface area (Å²) < 4.78 is 11.2. The second-order valence-corrected chi connectivity index (χ2v) is 9.54. The summed E-state index contributed by atoms with van der Waals surface area (Å²) in [5.74, 6) is -0.427. The number of amides is 1. The third kappa shape index (κ3) is 6.18. The summed E-state index contributed by atoms with van der Waals surface area (Å²) in [4.78, 5) is 29.8. The molecule has 1 amide bonds. The van der Waals surface area contributed by atoms with Crippen LogP contribution in [-0.2, 0) is 9.59 Å². The Labute approximate surface area is 212 Å². The minimum absolute atomic E-state index is 0.00819. The van der Waals surface area contributed by atoms with Crippen molar-refractivity contribution in [1.29, 1.82) is 0 Å². The molecule has 3 rings (SSSR count). The number of aliphatic hydroxyl groups is 1. The number of rotatable bonds is 11. The Hall–Kier alpha value is -3.52. The third-order valence-corrected chi connectivity index (χ3v) is 5.85. The number of phenolic OH excluding ortho intramolecular Hbond substituents is 1. The normalized spacial score (nSPS) is 17.3. The maximum absolute atomic E-state index is 13.2. The molecule has 0 aromatic heterocycles. The number of likely N-dealkylation sites (tertiary alicyclic amines) is 1. The van der Waals surface area contributed by atoms with Crippen molar-refractivity contribution in [2.45, 2.75) is 33.2 Å². The molecule has 0 unspecified atom stereocenters. The monoisotopic (exact) mass is 496 g/mol. The zero-order valence-electron chi connectivity index (χ0n) is 21.7. The summed E-state index contributed by atoms with van der Waals surface area (Å²) in [7, 11) is 3.88. The second-order valence-electron chi connectivity index (χ2n) is 9.54. The van der Waals surface area contributed by atoms with Crippen LogP contribution in [0.4, 0.5) is 0 Å². The van der Waals surface area contributed by atoms with Crippen molar-refractivity contribution in [3.8, 4) is 17.2 Å². The van der Waals surface area contributed by atoms with Crippen molar-refractivity contribution in [2.24, 2.45) is 5.92 Å². The third-order valence-electron chi connectivity index (χ3n) is 5.85. The minimum atomic E-state index is -0.816. The SMILES string of the molecule is CCOc1cc([C@H]2C(=C(O)c3ccc(OCC(C)C)cc3)C(=O)C(=O)N2CCCN(C)C)ccc1O. The molecule has 1 saturated heterocycles. The van der Waals surface area contributed by atoms with Crippen LogP contribution in [0.15, 0.2) is 48.0 Å². The number of aliphatic hydroxyl groups excluding tert-OH is 1. The predicted octanol–water partition coefficient (Wildman–Crippen LogP) is 4.20. The van der Waals surface area contributed by atoms with Crippen LogP contribution in [0.25, 0.3) is 5.76 Å². The van der Waals surface area contributed by atoms with Crippen molar-refractivity contribution >= 4 is 17.4 Å². The molecule has 2 aromatic carbocycles. The van der Waals surface area contributed by atoms with Gasteiger partial charge in [-0.25, -0.2) is 0 Å². The number of hydrogen-bond acceptors (Lipinski definition) is 7. The lowest BCUT2D eigenvalue weighted by Gasteiger charge is -2.26. The molecule has 1 fully saturated rings. The number of nitrogens with zero attached hydrogens (tertiary/aromatic N) is 2. The Morgan fingerprint density at radius 1 is 1.08 bits per heavy atom. The topological polar surface area (TPSA) is 99.5 Å². The number of ether oxygens (including phenoxy) is 2. The Morgan fingerprint density at radius 2 is 1.78 bits per heavy atom. The quantitative estimate of drug-likeness (QED) is 0.273. The molecular formula is C28H36N2O6. The first-order chi connectivity index (χ1) is 17.1. The van der Waals surface area contributed by atoms with Gasteiger partial charge < -0.3 is 29.5 Å². The molecule has 2 N–H and O–H groups in total. The minimum Gasteiger partial charge on any atom is -0.507 e. The fourth-order valence-electron chi connectivity index (χ4n) is 4.11. The van der Waals surface area contributed by atoms with Crippen molar-refractivity contribution in [1.82, 2.24) is 9.80 Å². The zero-order chi connectivity index (χ0) is 26.4. The molecule has 0 aliphatic carbocycles. The molecule has 0 spiro atoms. The number of phenols is 1. The first-order valence-electron chi connectivity index (χ1n) is 12.3. The van der Waals surface area contributed by atoms with Gasteiger partial charge in [-0.1, -0.05) is 19.9 Å². The van der Waals surface area contributed by atoms with Gasteiger partial charge in [-0.05, 0) is 81.9 Å². The van der Waals surface area contributed by atoms with E-state index in [2.05, 4.69) is 13.8 Å². The molecule has 8 heteroatoms. The number of benzene rings is 2. The fourth-order valence-corrected chi connectivity index (χ4v) is 4.11. The van der Waals surface area contributed by atoms with Crippen LogP contribution >= 0.6 is 0 Å². The van der Waals surface area contributed by atoms with Gasteiger partial charge in [0.2, 0.25) is 0 Å². The number of Topliss-reactive ketones (excluding diaryl/α,β-unsaturated/α-hetero) is 1. The average molecular weight is 497 g/mol. The van der Waals surface area contributed by atoms with E-state index >= 15 is 0 Å². The molecule has 0 saturated carbocycles. The largest absolute Gasteiger partial charge is 0.507 e. The van der Waals surface area contributed by atoms with Crippen molar-refractivity contribution in [3.05, 3.63) is 59.2 Å². The zero-order valence-corrected chi connectivity index (χ0v) is 21.7. The molecule has 1 aliphatic rings. The highest BCUT2D eigenvalue weighted by atomic mass is 16.5. The smallest absolute Gasteiger partial charge is 0.295 e. The van der Waals surface area contributed by atoms with Crippen molar-refractivity contribution in [2.75, 3.05) is 40.4 Å². The maximum atomic E-state index is 13.2. The van der Waals surface area contributed by atoms with Crippen LogP contribution in [0.2, 0.25) is 0 Å². The molecule has 1 heterocycles. The Morgan fingerprint density at radius 3 is 2.39 bits per heavy atom. The summed E-state index contributed by atoms with van der Waals surface area (Å²) in [6.45, 7) is 7.87. The summed E-state index contributed by atoms with van der Waals surface area (Å²) in [6.07, 6.45) is 0.648. The van der Waals surface area contributed by atoms with E-state index in [4.69, 9.17) is 9.47 Å². The van der Waals surface area contributed by atoms with Crippen LogP contribution in [0.1, 0.15) is 44.4 Å². The molecule has 8 nitrogen and oxygen atoms in total. The van der Waals surface area contributed by atoms with Crippen LogP contribution in [0.5, 0.6) is 17.2 Å². The number of hydrogen-bond donors (Lipinski definition) is 2. The summed E-state index contributed by atoms with van der Waals surface area (Å²) in [6, 6.07) is 10.7. The molecule has 0 bridgehead atoms. The molecule has 36 heavy (non-hydrogen) atoms.